The van der Waals surface area contributed by atoms with Crippen LogP contribution in [0.3, 0.4) is 0 Å². The van der Waals surface area contributed by atoms with Crippen molar-refractivity contribution in [1.29, 1.82) is 0 Å². The Labute approximate surface area is 200 Å². The summed E-state index contributed by atoms with van der Waals surface area (Å²) in [7, 11) is -2.58. The third kappa shape index (κ3) is 6.98. The van der Waals surface area contributed by atoms with Gasteiger partial charge in [-0.1, -0.05) is 23.9 Å². The summed E-state index contributed by atoms with van der Waals surface area (Å²) in [5, 5.41) is 0.125. The van der Waals surface area contributed by atoms with Crippen LogP contribution in [0.15, 0.2) is 29.4 Å². The fourth-order valence-electron chi connectivity index (χ4n) is 3.14. The van der Waals surface area contributed by atoms with E-state index in [0.29, 0.717) is 13.1 Å². The number of carbonyl (C=O) groups is 1. The van der Waals surface area contributed by atoms with Crippen molar-refractivity contribution >= 4 is 33.8 Å². The normalized spacial score (nSPS) is 15.2. The average Bonchev–Trinajstić information content (AvgIpc) is 2.80. The number of thioether (sulfide) groups is 1. The van der Waals surface area contributed by atoms with Crippen LogP contribution in [-0.2, 0) is 25.5 Å². The maximum Gasteiger partial charge on any atom is 0.320 e. The number of ether oxygens (including phenoxy) is 2. The molecule has 1 N–H and O–H groups in total. The Hall–Kier alpha value is -2.55. The van der Waals surface area contributed by atoms with E-state index >= 15 is 0 Å². The standard InChI is InChI=1S/C20H25F2N5O5S2/c1-3-32-18(28)12-26-7-9-27(10-8-26)34(29,30)25-16-11-17(31-2)24-20(23-16)33-13-14-5-4-6-15(21)19(14)22/h4-6,11H,3,7-10,12-13H2,1-2H3,(H,23,24,25). The fourth-order valence-corrected chi connectivity index (χ4v) is 5.11. The highest BCUT2D eigenvalue weighted by molar-refractivity contribution is 7.98. The number of piperazine rings is 1. The van der Waals surface area contributed by atoms with Gasteiger partial charge in [0, 0.05) is 43.6 Å². The lowest BCUT2D eigenvalue weighted by Gasteiger charge is -2.33. The molecule has 0 aliphatic carbocycles. The zero-order valence-electron chi connectivity index (χ0n) is 18.7. The number of nitrogens with zero attached hydrogens (tertiary/aromatic N) is 4. The van der Waals surface area contributed by atoms with E-state index < -0.39 is 21.8 Å². The number of hydrogen-bond donors (Lipinski definition) is 1. The molecular formula is C20H25F2N5O5S2. The number of nitrogens with one attached hydrogen (secondary N) is 1. The number of halogens is 2. The Morgan fingerprint density at radius 2 is 1.94 bits per heavy atom. The van der Waals surface area contributed by atoms with Gasteiger partial charge in [0.25, 0.3) is 0 Å². The van der Waals surface area contributed by atoms with Crippen molar-refractivity contribution in [1.82, 2.24) is 19.2 Å². The molecule has 1 aliphatic heterocycles. The van der Waals surface area contributed by atoms with Gasteiger partial charge in [-0.3, -0.25) is 14.4 Å². The largest absolute Gasteiger partial charge is 0.481 e. The van der Waals surface area contributed by atoms with Crippen molar-refractivity contribution in [2.75, 3.05) is 51.2 Å². The van der Waals surface area contributed by atoms with Crippen LogP contribution < -0.4 is 9.46 Å². The monoisotopic (exact) mass is 517 g/mol. The predicted molar refractivity (Wildman–Crippen MR) is 122 cm³/mol. The van der Waals surface area contributed by atoms with Gasteiger partial charge in [-0.2, -0.15) is 17.7 Å². The van der Waals surface area contributed by atoms with Crippen LogP contribution in [0.2, 0.25) is 0 Å². The minimum absolute atomic E-state index is 0.0250. The molecule has 0 atom stereocenters. The van der Waals surface area contributed by atoms with Gasteiger partial charge in [0.2, 0.25) is 5.88 Å². The first-order valence-electron chi connectivity index (χ1n) is 10.4. The summed E-state index contributed by atoms with van der Waals surface area (Å²) in [6.45, 7) is 3.21. The summed E-state index contributed by atoms with van der Waals surface area (Å²) in [5.74, 6) is -2.16. The minimum atomic E-state index is -3.94. The lowest BCUT2D eigenvalue weighted by Crippen LogP contribution is -2.51. The predicted octanol–water partition coefficient (Wildman–Crippen LogP) is 1.89. The van der Waals surface area contributed by atoms with Gasteiger partial charge < -0.3 is 9.47 Å². The van der Waals surface area contributed by atoms with Gasteiger partial charge in [-0.15, -0.1) is 0 Å². The van der Waals surface area contributed by atoms with E-state index in [4.69, 9.17) is 9.47 Å². The highest BCUT2D eigenvalue weighted by atomic mass is 32.2. The Morgan fingerprint density at radius 3 is 2.62 bits per heavy atom. The molecule has 1 aliphatic rings. The number of aromatic nitrogens is 2. The molecule has 0 unspecified atom stereocenters. The zero-order valence-corrected chi connectivity index (χ0v) is 20.3. The number of methoxy groups -OCH3 is 1. The molecule has 1 saturated heterocycles. The van der Waals surface area contributed by atoms with E-state index in [1.807, 2.05) is 4.90 Å². The van der Waals surface area contributed by atoms with Crippen molar-refractivity contribution in [2.24, 2.45) is 0 Å². The number of benzene rings is 1. The third-order valence-electron chi connectivity index (χ3n) is 4.84. The molecule has 0 radical (unpaired) electrons. The molecule has 0 spiro atoms. The highest BCUT2D eigenvalue weighted by Gasteiger charge is 2.28. The Kier molecular flexibility index (Phi) is 8.99. The average molecular weight is 518 g/mol. The van der Waals surface area contributed by atoms with E-state index in [1.54, 1.807) is 6.92 Å². The quantitative estimate of drug-likeness (QED) is 0.287. The number of esters is 1. The Bertz CT molecular complexity index is 1110. The molecule has 186 valence electrons. The number of rotatable bonds is 10. The van der Waals surface area contributed by atoms with E-state index in [-0.39, 0.29) is 60.4 Å². The molecule has 0 amide bonds. The van der Waals surface area contributed by atoms with Crippen LogP contribution in [-0.4, -0.2) is 80.0 Å². The van der Waals surface area contributed by atoms with Gasteiger partial charge >= 0.3 is 16.2 Å². The second-order valence-electron chi connectivity index (χ2n) is 7.17. The molecule has 1 aromatic heterocycles. The van der Waals surface area contributed by atoms with Crippen molar-refractivity contribution in [2.45, 2.75) is 17.8 Å². The molecule has 34 heavy (non-hydrogen) atoms. The lowest BCUT2D eigenvalue weighted by atomic mass is 10.2. The van der Waals surface area contributed by atoms with Gasteiger partial charge in [0.15, 0.2) is 16.8 Å². The van der Waals surface area contributed by atoms with E-state index in [9.17, 15) is 22.0 Å². The van der Waals surface area contributed by atoms with Crippen molar-refractivity contribution < 1.29 is 31.5 Å². The van der Waals surface area contributed by atoms with Crippen LogP contribution in [0.1, 0.15) is 12.5 Å². The maximum absolute atomic E-state index is 13.9. The van der Waals surface area contributed by atoms with Crippen molar-refractivity contribution in [3.05, 3.63) is 41.5 Å². The number of hydrogen-bond acceptors (Lipinski definition) is 9. The molecule has 0 saturated carbocycles. The SMILES string of the molecule is CCOC(=O)CN1CCN(S(=O)(=O)Nc2cc(OC)nc(SCc3cccc(F)c3F)n2)CC1. The maximum atomic E-state index is 13.9. The third-order valence-corrected chi connectivity index (χ3v) is 7.25. The van der Waals surface area contributed by atoms with Crippen LogP contribution >= 0.6 is 11.8 Å². The molecular weight excluding hydrogens is 492 g/mol. The van der Waals surface area contributed by atoms with Gasteiger partial charge in [-0.25, -0.2) is 13.8 Å². The van der Waals surface area contributed by atoms with Crippen molar-refractivity contribution in [3.8, 4) is 5.88 Å². The second kappa shape index (κ2) is 11.7. The number of anilines is 1. The molecule has 10 nitrogen and oxygen atoms in total. The smallest absolute Gasteiger partial charge is 0.320 e. The minimum Gasteiger partial charge on any atom is -0.481 e. The first-order valence-corrected chi connectivity index (χ1v) is 12.8. The summed E-state index contributed by atoms with van der Waals surface area (Å²) in [4.78, 5) is 21.7. The van der Waals surface area contributed by atoms with Gasteiger partial charge in [0.05, 0.1) is 20.3 Å². The van der Waals surface area contributed by atoms with Crippen molar-refractivity contribution in [3.63, 3.8) is 0 Å². The Balaban J connectivity index is 1.65. The summed E-state index contributed by atoms with van der Waals surface area (Å²) in [5.41, 5.74) is 0.124. The molecule has 14 heteroatoms. The highest BCUT2D eigenvalue weighted by Crippen LogP contribution is 2.26. The first-order chi connectivity index (χ1) is 16.2. The van der Waals surface area contributed by atoms with E-state index in [0.717, 1.165) is 17.8 Å². The Morgan fingerprint density at radius 1 is 1.21 bits per heavy atom. The summed E-state index contributed by atoms with van der Waals surface area (Å²) in [6, 6.07) is 5.18. The zero-order chi connectivity index (χ0) is 24.7. The second-order valence-corrected chi connectivity index (χ2v) is 9.78. The van der Waals surface area contributed by atoms with E-state index in [1.165, 1.54) is 29.6 Å². The molecule has 1 aromatic carbocycles. The lowest BCUT2D eigenvalue weighted by molar-refractivity contribution is -0.144. The topological polar surface area (TPSA) is 114 Å². The van der Waals surface area contributed by atoms with Crippen LogP contribution in [0.5, 0.6) is 5.88 Å². The molecule has 1 fully saturated rings. The molecule has 0 bridgehead atoms. The molecule has 2 aromatic rings. The first kappa shape index (κ1) is 26.1. The fraction of sp³-hybridized carbons (Fsp3) is 0.450. The van der Waals surface area contributed by atoms with Gasteiger partial charge in [0.1, 0.15) is 5.82 Å². The summed E-state index contributed by atoms with van der Waals surface area (Å²) in [6.07, 6.45) is 0. The van der Waals surface area contributed by atoms with E-state index in [2.05, 4.69) is 14.7 Å². The summed E-state index contributed by atoms with van der Waals surface area (Å²) >= 11 is 1.00. The van der Waals surface area contributed by atoms with Gasteiger partial charge in [-0.05, 0) is 13.0 Å². The van der Waals surface area contributed by atoms with Crippen LogP contribution in [0.4, 0.5) is 14.6 Å². The van der Waals surface area contributed by atoms with Crippen LogP contribution in [0.25, 0.3) is 0 Å². The number of carbonyl (C=O) groups excluding carboxylic acids is 1. The van der Waals surface area contributed by atoms with Crippen LogP contribution in [0, 0.1) is 11.6 Å². The summed E-state index contributed by atoms with van der Waals surface area (Å²) < 4.78 is 66.8. The molecule has 3 rings (SSSR count). The molecule has 2 heterocycles.